The first kappa shape index (κ1) is 11.8. The molecule has 0 unspecified atom stereocenters. The Morgan fingerprint density at radius 2 is 2.29 bits per heavy atom. The van der Waals surface area contributed by atoms with Gasteiger partial charge in [-0.05, 0) is 30.9 Å². The summed E-state index contributed by atoms with van der Waals surface area (Å²) in [6.45, 7) is 2.18. The van der Waals surface area contributed by atoms with Gasteiger partial charge in [-0.15, -0.1) is 10.2 Å². The van der Waals surface area contributed by atoms with Crippen molar-refractivity contribution < 1.29 is 9.53 Å². The van der Waals surface area contributed by atoms with E-state index in [4.69, 9.17) is 10.5 Å². The third-order valence-corrected chi connectivity index (χ3v) is 2.52. The third kappa shape index (κ3) is 3.99. The van der Waals surface area contributed by atoms with E-state index >= 15 is 0 Å². The highest BCUT2D eigenvalue weighted by molar-refractivity contribution is 5.90. The number of aromatic nitrogens is 2. The SMILES string of the molecule is NC(=O)c1ccc(NCCOCC2CC2)nn1. The molecule has 1 aliphatic carbocycles. The summed E-state index contributed by atoms with van der Waals surface area (Å²) in [4.78, 5) is 10.8. The van der Waals surface area contributed by atoms with Crippen LogP contribution in [0.4, 0.5) is 5.82 Å². The molecule has 0 aliphatic heterocycles. The van der Waals surface area contributed by atoms with Crippen molar-refractivity contribution in [2.45, 2.75) is 12.8 Å². The summed E-state index contributed by atoms with van der Waals surface area (Å²) < 4.78 is 5.46. The summed E-state index contributed by atoms with van der Waals surface area (Å²) >= 11 is 0. The summed E-state index contributed by atoms with van der Waals surface area (Å²) in [6.07, 6.45) is 2.60. The Balaban J connectivity index is 1.65. The van der Waals surface area contributed by atoms with Crippen molar-refractivity contribution in [3.05, 3.63) is 17.8 Å². The first-order valence-corrected chi connectivity index (χ1v) is 5.71. The zero-order valence-corrected chi connectivity index (χ0v) is 9.56. The molecule has 1 aromatic heterocycles. The molecular weight excluding hydrogens is 220 g/mol. The highest BCUT2D eigenvalue weighted by atomic mass is 16.5. The van der Waals surface area contributed by atoms with Gasteiger partial charge in [-0.3, -0.25) is 4.79 Å². The molecule has 6 nitrogen and oxygen atoms in total. The van der Waals surface area contributed by atoms with E-state index in [1.165, 1.54) is 12.8 Å². The van der Waals surface area contributed by atoms with Gasteiger partial charge in [0.2, 0.25) is 0 Å². The molecule has 17 heavy (non-hydrogen) atoms. The summed E-state index contributed by atoms with van der Waals surface area (Å²) in [7, 11) is 0. The fraction of sp³-hybridized carbons (Fsp3) is 0.545. The van der Waals surface area contributed by atoms with Gasteiger partial charge in [-0.25, -0.2) is 0 Å². The molecule has 92 valence electrons. The second-order valence-corrected chi connectivity index (χ2v) is 4.11. The molecule has 1 saturated carbocycles. The number of nitrogens with zero attached hydrogens (tertiary/aromatic N) is 2. The van der Waals surface area contributed by atoms with E-state index in [2.05, 4.69) is 15.5 Å². The smallest absolute Gasteiger partial charge is 0.269 e. The molecular formula is C11H16N4O2. The quantitative estimate of drug-likeness (QED) is 0.669. The standard InChI is InChI=1S/C11H16N4O2/c12-11(16)9-3-4-10(15-14-9)13-5-6-17-7-8-1-2-8/h3-4,8H,1-2,5-7H2,(H2,12,16)(H,13,15). The third-order valence-electron chi connectivity index (χ3n) is 2.52. The normalized spacial score (nSPS) is 14.6. The Hall–Kier alpha value is -1.69. The maximum atomic E-state index is 10.8. The second-order valence-electron chi connectivity index (χ2n) is 4.11. The number of nitrogens with two attached hydrogens (primary N) is 1. The van der Waals surface area contributed by atoms with Gasteiger partial charge in [0.05, 0.1) is 6.61 Å². The number of amides is 1. The summed E-state index contributed by atoms with van der Waals surface area (Å²) in [5.74, 6) is 0.825. The highest BCUT2D eigenvalue weighted by Gasteiger charge is 2.20. The number of rotatable bonds is 7. The first-order valence-electron chi connectivity index (χ1n) is 5.71. The van der Waals surface area contributed by atoms with Gasteiger partial charge >= 0.3 is 0 Å². The van der Waals surface area contributed by atoms with Crippen LogP contribution in [0.1, 0.15) is 23.3 Å². The zero-order chi connectivity index (χ0) is 12.1. The van der Waals surface area contributed by atoms with E-state index in [1.807, 2.05) is 0 Å². The minimum absolute atomic E-state index is 0.167. The van der Waals surface area contributed by atoms with Crippen LogP contribution < -0.4 is 11.1 Å². The summed E-state index contributed by atoms with van der Waals surface area (Å²) in [5.41, 5.74) is 5.22. The van der Waals surface area contributed by atoms with Crippen LogP contribution in [0.3, 0.4) is 0 Å². The van der Waals surface area contributed by atoms with Crippen molar-refractivity contribution in [3.63, 3.8) is 0 Å². The van der Waals surface area contributed by atoms with Gasteiger partial charge in [0.1, 0.15) is 5.82 Å². The molecule has 1 aliphatic rings. The maximum Gasteiger partial charge on any atom is 0.269 e. The van der Waals surface area contributed by atoms with Crippen LogP contribution in [0.2, 0.25) is 0 Å². The minimum atomic E-state index is -0.572. The molecule has 0 saturated heterocycles. The van der Waals surface area contributed by atoms with E-state index in [-0.39, 0.29) is 5.69 Å². The van der Waals surface area contributed by atoms with E-state index in [0.29, 0.717) is 19.0 Å². The van der Waals surface area contributed by atoms with Crippen LogP contribution >= 0.6 is 0 Å². The lowest BCUT2D eigenvalue weighted by Gasteiger charge is -2.05. The molecule has 1 aromatic rings. The van der Waals surface area contributed by atoms with Gasteiger partial charge in [0, 0.05) is 13.2 Å². The lowest BCUT2D eigenvalue weighted by Crippen LogP contribution is -2.15. The number of anilines is 1. The van der Waals surface area contributed by atoms with Gasteiger partial charge < -0.3 is 15.8 Å². The number of hydrogen-bond donors (Lipinski definition) is 2. The van der Waals surface area contributed by atoms with Crippen molar-refractivity contribution in [3.8, 4) is 0 Å². The molecule has 2 rings (SSSR count). The molecule has 1 amide bonds. The van der Waals surface area contributed by atoms with Crippen LogP contribution in [-0.2, 0) is 4.74 Å². The molecule has 3 N–H and O–H groups in total. The molecule has 0 spiro atoms. The van der Waals surface area contributed by atoms with E-state index in [1.54, 1.807) is 12.1 Å². The van der Waals surface area contributed by atoms with Crippen molar-refractivity contribution in [2.24, 2.45) is 11.7 Å². The summed E-state index contributed by atoms with van der Waals surface area (Å²) in [5, 5.41) is 10.6. The van der Waals surface area contributed by atoms with Crippen molar-refractivity contribution in [1.29, 1.82) is 0 Å². The molecule has 0 radical (unpaired) electrons. The Bertz CT molecular complexity index is 376. The predicted octanol–water partition coefficient (Wildman–Crippen LogP) is 0.414. The molecule has 0 aromatic carbocycles. The highest BCUT2D eigenvalue weighted by Crippen LogP contribution is 2.28. The van der Waals surface area contributed by atoms with Gasteiger partial charge in [0.15, 0.2) is 5.69 Å². The largest absolute Gasteiger partial charge is 0.379 e. The number of ether oxygens (including phenoxy) is 1. The van der Waals surface area contributed by atoms with Crippen LogP contribution in [0, 0.1) is 5.92 Å². The topological polar surface area (TPSA) is 90.1 Å². The van der Waals surface area contributed by atoms with Crippen LogP contribution in [0.5, 0.6) is 0 Å². The number of hydrogen-bond acceptors (Lipinski definition) is 5. The fourth-order valence-corrected chi connectivity index (χ4v) is 1.34. The van der Waals surface area contributed by atoms with Crippen molar-refractivity contribution >= 4 is 11.7 Å². The van der Waals surface area contributed by atoms with Crippen LogP contribution in [-0.4, -0.2) is 35.9 Å². The van der Waals surface area contributed by atoms with Gasteiger partial charge in [-0.2, -0.15) is 0 Å². The Morgan fingerprint density at radius 1 is 1.47 bits per heavy atom. The number of nitrogens with one attached hydrogen (secondary N) is 1. The lowest BCUT2D eigenvalue weighted by molar-refractivity contribution is 0.0994. The van der Waals surface area contributed by atoms with E-state index in [9.17, 15) is 4.79 Å². The van der Waals surface area contributed by atoms with Crippen molar-refractivity contribution in [1.82, 2.24) is 10.2 Å². The number of carbonyl (C=O) groups excluding carboxylic acids is 1. The fourth-order valence-electron chi connectivity index (χ4n) is 1.34. The molecule has 1 heterocycles. The van der Waals surface area contributed by atoms with Gasteiger partial charge in [0.25, 0.3) is 5.91 Å². The first-order chi connectivity index (χ1) is 8.25. The predicted molar refractivity (Wildman–Crippen MR) is 62.6 cm³/mol. The Kier molecular flexibility index (Phi) is 3.87. The zero-order valence-electron chi connectivity index (χ0n) is 9.56. The maximum absolute atomic E-state index is 10.8. The second kappa shape index (κ2) is 5.58. The average molecular weight is 236 g/mol. The van der Waals surface area contributed by atoms with Crippen molar-refractivity contribution in [2.75, 3.05) is 25.1 Å². The Morgan fingerprint density at radius 3 is 2.88 bits per heavy atom. The van der Waals surface area contributed by atoms with Crippen LogP contribution in [0.25, 0.3) is 0 Å². The van der Waals surface area contributed by atoms with E-state index < -0.39 is 5.91 Å². The summed E-state index contributed by atoms with van der Waals surface area (Å²) in [6, 6.07) is 3.22. The monoisotopic (exact) mass is 236 g/mol. The number of carbonyl (C=O) groups is 1. The van der Waals surface area contributed by atoms with Crippen LogP contribution in [0.15, 0.2) is 12.1 Å². The Labute approximate surface area is 99.6 Å². The average Bonchev–Trinajstić information content (AvgIpc) is 3.13. The molecule has 1 fully saturated rings. The molecule has 0 atom stereocenters. The number of primary amides is 1. The lowest BCUT2D eigenvalue weighted by atomic mass is 10.4. The molecule has 6 heteroatoms. The van der Waals surface area contributed by atoms with E-state index in [0.717, 1.165) is 12.5 Å². The minimum Gasteiger partial charge on any atom is -0.379 e. The molecule has 0 bridgehead atoms. The van der Waals surface area contributed by atoms with Gasteiger partial charge in [-0.1, -0.05) is 0 Å².